The van der Waals surface area contributed by atoms with Crippen LogP contribution < -0.4 is 5.32 Å². The van der Waals surface area contributed by atoms with Crippen molar-refractivity contribution in [3.8, 4) is 0 Å². The van der Waals surface area contributed by atoms with E-state index in [1.54, 1.807) is 20.8 Å². The highest BCUT2D eigenvalue weighted by molar-refractivity contribution is 6.74. The van der Waals surface area contributed by atoms with Gasteiger partial charge in [0.1, 0.15) is 41.8 Å². The van der Waals surface area contributed by atoms with Crippen molar-refractivity contribution >= 4 is 26.2 Å². The normalized spacial score (nSPS) is 19.0. The van der Waals surface area contributed by atoms with E-state index in [1.807, 2.05) is 46.4 Å². The number of nitrogens with zero attached hydrogens (tertiary/aromatic N) is 1. The third-order valence-electron chi connectivity index (χ3n) is 7.34. The maximum Gasteiger partial charge on any atom is 0.334 e. The minimum Gasteiger partial charge on any atom is -0.459 e. The van der Waals surface area contributed by atoms with Gasteiger partial charge in [-0.05, 0) is 99.8 Å². The van der Waals surface area contributed by atoms with Crippen LogP contribution in [0.1, 0.15) is 95.9 Å². The smallest absolute Gasteiger partial charge is 0.334 e. The standard InChI is InChI=1S/C32H62N2O9Si/c1-29(2,3)40-26(35)22-17-19-34(22)20-24(39-21-38-13)25(28(37)42-31(7,8)9)33-18-16-23(27(36)41-30(4,5)6)43-44(14,15)32(10,11)12/h22-25,33H,16-21H2,1-15H3/t22-,23-,24+,25-/m0/s1. The summed E-state index contributed by atoms with van der Waals surface area (Å²) in [7, 11) is -0.839. The summed E-state index contributed by atoms with van der Waals surface area (Å²) in [5.41, 5.74) is -2.04. The average molecular weight is 647 g/mol. The second-order valence-corrected chi connectivity index (χ2v) is 20.9. The molecule has 0 unspecified atom stereocenters. The number of hydrogen-bond acceptors (Lipinski definition) is 11. The van der Waals surface area contributed by atoms with Gasteiger partial charge >= 0.3 is 17.9 Å². The highest BCUT2D eigenvalue weighted by Crippen LogP contribution is 2.38. The molecule has 1 saturated heterocycles. The first-order valence-corrected chi connectivity index (χ1v) is 18.6. The first-order valence-electron chi connectivity index (χ1n) is 15.7. The fourth-order valence-corrected chi connectivity index (χ4v) is 5.44. The third kappa shape index (κ3) is 14.2. The van der Waals surface area contributed by atoms with E-state index in [2.05, 4.69) is 39.2 Å². The molecule has 0 radical (unpaired) electrons. The molecule has 0 aromatic carbocycles. The van der Waals surface area contributed by atoms with Gasteiger partial charge in [-0.25, -0.2) is 4.79 Å². The van der Waals surface area contributed by atoms with Gasteiger partial charge in [0.15, 0.2) is 8.32 Å². The Hall–Kier alpha value is -1.57. The van der Waals surface area contributed by atoms with Gasteiger partial charge in [-0.3, -0.25) is 14.5 Å². The first kappa shape index (κ1) is 40.5. The molecule has 11 nitrogen and oxygen atoms in total. The van der Waals surface area contributed by atoms with Gasteiger partial charge in [0.05, 0.1) is 6.10 Å². The zero-order chi connectivity index (χ0) is 34.3. The molecule has 1 fully saturated rings. The molecule has 0 amide bonds. The maximum atomic E-state index is 13.6. The molecule has 12 heteroatoms. The second-order valence-electron chi connectivity index (χ2n) is 16.1. The Labute approximate surface area is 267 Å². The summed E-state index contributed by atoms with van der Waals surface area (Å²) < 4.78 is 34.9. The Bertz CT molecular complexity index is 945. The summed E-state index contributed by atoms with van der Waals surface area (Å²) in [4.78, 5) is 41.7. The van der Waals surface area contributed by atoms with Crippen LogP contribution in [0.5, 0.6) is 0 Å². The molecular weight excluding hydrogens is 584 g/mol. The lowest BCUT2D eigenvalue weighted by atomic mass is 10.00. The minimum atomic E-state index is -2.34. The van der Waals surface area contributed by atoms with Crippen LogP contribution in [-0.4, -0.2) is 106 Å². The molecule has 258 valence electrons. The summed E-state index contributed by atoms with van der Waals surface area (Å²) >= 11 is 0. The largest absolute Gasteiger partial charge is 0.459 e. The first-order chi connectivity index (χ1) is 19.8. The van der Waals surface area contributed by atoms with Crippen LogP contribution in [0.15, 0.2) is 0 Å². The van der Waals surface area contributed by atoms with E-state index in [0.29, 0.717) is 13.0 Å². The molecule has 44 heavy (non-hydrogen) atoms. The van der Waals surface area contributed by atoms with Crippen LogP contribution in [0, 0.1) is 0 Å². The number of carbonyl (C=O) groups excluding carboxylic acids is 3. The molecule has 0 spiro atoms. The number of esters is 3. The Morgan fingerprint density at radius 1 is 0.841 bits per heavy atom. The van der Waals surface area contributed by atoms with E-state index in [4.69, 9.17) is 28.1 Å². The second kappa shape index (κ2) is 15.8. The number of hydrogen-bond donors (Lipinski definition) is 1. The molecular formula is C32H62N2O9Si. The number of carbonyl (C=O) groups is 3. The van der Waals surface area contributed by atoms with Gasteiger partial charge in [-0.1, -0.05) is 20.8 Å². The molecule has 4 atom stereocenters. The quantitative estimate of drug-likeness (QED) is 0.114. The van der Waals surface area contributed by atoms with Crippen molar-refractivity contribution in [3.05, 3.63) is 0 Å². The SMILES string of the molecule is COCO[C@H](CN1CC[C@H]1C(=O)OC(C)(C)C)[C@H](NCC[C@H](O[Si](C)(C)C(C)(C)C)C(=O)OC(C)(C)C)C(=O)OC(C)(C)C. The molecule has 0 aliphatic carbocycles. The summed E-state index contributed by atoms with van der Waals surface area (Å²) in [6.45, 7) is 28.0. The van der Waals surface area contributed by atoms with Crippen molar-refractivity contribution in [2.45, 2.75) is 155 Å². The van der Waals surface area contributed by atoms with Crippen molar-refractivity contribution < 1.29 is 42.5 Å². The Balaban J connectivity index is 3.25. The van der Waals surface area contributed by atoms with E-state index in [9.17, 15) is 14.4 Å². The lowest BCUT2D eigenvalue weighted by Crippen LogP contribution is -2.60. The van der Waals surface area contributed by atoms with Crippen LogP contribution in [0.4, 0.5) is 0 Å². The average Bonchev–Trinajstić information content (AvgIpc) is 2.76. The van der Waals surface area contributed by atoms with Crippen molar-refractivity contribution in [3.63, 3.8) is 0 Å². The number of rotatable bonds is 15. The number of nitrogens with one attached hydrogen (secondary N) is 1. The highest BCUT2D eigenvalue weighted by Gasteiger charge is 2.44. The summed E-state index contributed by atoms with van der Waals surface area (Å²) in [6, 6.07) is -1.35. The number of likely N-dealkylation sites (tertiary alicyclic amines) is 1. The number of methoxy groups -OCH3 is 1. The van der Waals surface area contributed by atoms with Gasteiger partial charge in [0, 0.05) is 20.2 Å². The molecule has 1 heterocycles. The van der Waals surface area contributed by atoms with Crippen molar-refractivity contribution in [2.24, 2.45) is 0 Å². The lowest BCUT2D eigenvalue weighted by Gasteiger charge is -2.43. The van der Waals surface area contributed by atoms with E-state index in [1.165, 1.54) is 7.11 Å². The van der Waals surface area contributed by atoms with Gasteiger partial charge in [-0.2, -0.15) is 0 Å². The van der Waals surface area contributed by atoms with Crippen LogP contribution in [0.2, 0.25) is 18.1 Å². The highest BCUT2D eigenvalue weighted by atomic mass is 28.4. The van der Waals surface area contributed by atoms with Crippen molar-refractivity contribution in [1.29, 1.82) is 0 Å². The molecule has 1 N–H and O–H groups in total. The summed E-state index contributed by atoms with van der Waals surface area (Å²) in [6.07, 6.45) is -0.635. The molecule has 0 saturated carbocycles. The third-order valence-corrected chi connectivity index (χ3v) is 11.8. The van der Waals surface area contributed by atoms with E-state index in [-0.39, 0.29) is 37.3 Å². The fraction of sp³-hybridized carbons (Fsp3) is 0.906. The summed E-state index contributed by atoms with van der Waals surface area (Å²) in [5.74, 6) is -1.25. The van der Waals surface area contributed by atoms with Gasteiger partial charge in [0.25, 0.3) is 0 Å². The van der Waals surface area contributed by atoms with Crippen molar-refractivity contribution in [1.82, 2.24) is 10.2 Å². The lowest BCUT2D eigenvalue weighted by molar-refractivity contribution is -0.172. The zero-order valence-corrected chi connectivity index (χ0v) is 31.2. The van der Waals surface area contributed by atoms with Gasteiger partial charge in [0.2, 0.25) is 0 Å². The van der Waals surface area contributed by atoms with Gasteiger partial charge in [-0.15, -0.1) is 0 Å². The molecule has 1 aliphatic heterocycles. The van der Waals surface area contributed by atoms with E-state index < -0.39 is 61.4 Å². The topological polar surface area (TPSA) is 122 Å². The molecule has 1 aliphatic rings. The Kier molecular flexibility index (Phi) is 14.5. The molecule has 0 aromatic heterocycles. The minimum absolute atomic E-state index is 0.0639. The Morgan fingerprint density at radius 2 is 1.36 bits per heavy atom. The van der Waals surface area contributed by atoms with E-state index in [0.717, 1.165) is 0 Å². The molecule has 0 bridgehead atoms. The zero-order valence-electron chi connectivity index (χ0n) is 30.2. The van der Waals surface area contributed by atoms with Gasteiger partial charge < -0.3 is 33.4 Å². The fourth-order valence-electron chi connectivity index (χ4n) is 4.16. The van der Waals surface area contributed by atoms with E-state index >= 15 is 0 Å². The predicted octanol–water partition coefficient (Wildman–Crippen LogP) is 4.81. The van der Waals surface area contributed by atoms with Crippen LogP contribution >= 0.6 is 0 Å². The molecule has 1 rings (SSSR count). The number of ether oxygens (including phenoxy) is 5. The van der Waals surface area contributed by atoms with Crippen LogP contribution in [-0.2, 0) is 42.5 Å². The van der Waals surface area contributed by atoms with Crippen LogP contribution in [0.25, 0.3) is 0 Å². The molecule has 0 aromatic rings. The van der Waals surface area contributed by atoms with Crippen LogP contribution in [0.3, 0.4) is 0 Å². The Morgan fingerprint density at radius 3 is 1.80 bits per heavy atom. The monoisotopic (exact) mass is 646 g/mol. The van der Waals surface area contributed by atoms with Crippen molar-refractivity contribution in [2.75, 3.05) is 33.5 Å². The maximum absolute atomic E-state index is 13.6. The summed E-state index contributed by atoms with van der Waals surface area (Å²) in [5, 5.41) is 3.17. The predicted molar refractivity (Wildman–Crippen MR) is 173 cm³/mol.